The number of nitrogens with zero attached hydrogens (tertiary/aromatic N) is 2. The molecule has 0 spiro atoms. The summed E-state index contributed by atoms with van der Waals surface area (Å²) in [6.07, 6.45) is 0. The number of carbonyl (C=O) groups excluding carboxylic acids is 1. The first kappa shape index (κ1) is 15.2. The van der Waals surface area contributed by atoms with Crippen LogP contribution < -0.4 is 15.8 Å². The van der Waals surface area contributed by atoms with Crippen molar-refractivity contribution in [2.24, 2.45) is 0 Å². The van der Waals surface area contributed by atoms with Gasteiger partial charge in [-0.3, -0.25) is 4.79 Å². The second-order valence-electron chi connectivity index (χ2n) is 4.32. The highest BCUT2D eigenvalue weighted by atomic mass is 79.9. The molecular formula is C14H15BrN4O2. The second-order valence-corrected chi connectivity index (χ2v) is 5.17. The number of nitrogens with two attached hydrogens (primary N) is 1. The maximum atomic E-state index is 12.1. The van der Waals surface area contributed by atoms with Gasteiger partial charge in [-0.15, -0.1) is 0 Å². The van der Waals surface area contributed by atoms with Gasteiger partial charge in [0.05, 0.1) is 28.5 Å². The SMILES string of the molecule is CNC(=O)c1c(C)nc(N)nc1-c1ccc(OC)c(Br)c1. The van der Waals surface area contributed by atoms with E-state index in [0.717, 1.165) is 10.0 Å². The zero-order chi connectivity index (χ0) is 15.6. The van der Waals surface area contributed by atoms with Crippen molar-refractivity contribution < 1.29 is 9.53 Å². The van der Waals surface area contributed by atoms with Gasteiger partial charge in [-0.05, 0) is 41.1 Å². The number of carbonyl (C=O) groups is 1. The highest BCUT2D eigenvalue weighted by molar-refractivity contribution is 9.10. The number of benzene rings is 1. The standard InChI is InChI=1S/C14H15BrN4O2/c1-7-11(13(20)17-2)12(19-14(16)18-7)8-4-5-10(21-3)9(15)6-8/h4-6H,1-3H3,(H,17,20)(H2,16,18,19). The van der Waals surface area contributed by atoms with E-state index in [4.69, 9.17) is 10.5 Å². The van der Waals surface area contributed by atoms with E-state index in [0.29, 0.717) is 22.7 Å². The Labute approximate surface area is 130 Å². The Morgan fingerprint density at radius 2 is 2.10 bits per heavy atom. The number of anilines is 1. The van der Waals surface area contributed by atoms with Crippen LogP contribution in [0.15, 0.2) is 22.7 Å². The number of ether oxygens (including phenoxy) is 1. The van der Waals surface area contributed by atoms with Crippen molar-refractivity contribution in [1.82, 2.24) is 15.3 Å². The number of halogens is 1. The molecule has 110 valence electrons. The molecule has 1 amide bonds. The zero-order valence-corrected chi connectivity index (χ0v) is 13.5. The first-order valence-electron chi connectivity index (χ1n) is 6.18. The molecule has 1 aromatic heterocycles. The quantitative estimate of drug-likeness (QED) is 0.885. The lowest BCUT2D eigenvalue weighted by Crippen LogP contribution is -2.21. The van der Waals surface area contributed by atoms with Crippen LogP contribution in [0.25, 0.3) is 11.3 Å². The van der Waals surface area contributed by atoms with Crippen LogP contribution >= 0.6 is 15.9 Å². The minimum absolute atomic E-state index is 0.127. The predicted molar refractivity (Wildman–Crippen MR) is 84.3 cm³/mol. The summed E-state index contributed by atoms with van der Waals surface area (Å²) in [5.41, 5.74) is 7.89. The van der Waals surface area contributed by atoms with Crippen LogP contribution in [0.2, 0.25) is 0 Å². The second kappa shape index (κ2) is 6.09. The Morgan fingerprint density at radius 1 is 1.38 bits per heavy atom. The number of hydrogen-bond donors (Lipinski definition) is 2. The molecular weight excluding hydrogens is 336 g/mol. The summed E-state index contributed by atoms with van der Waals surface area (Å²) < 4.78 is 5.96. The van der Waals surface area contributed by atoms with Crippen molar-refractivity contribution in [2.45, 2.75) is 6.92 Å². The van der Waals surface area contributed by atoms with Gasteiger partial charge in [0.2, 0.25) is 5.95 Å². The smallest absolute Gasteiger partial charge is 0.255 e. The monoisotopic (exact) mass is 350 g/mol. The van der Waals surface area contributed by atoms with E-state index in [2.05, 4.69) is 31.2 Å². The number of hydrogen-bond acceptors (Lipinski definition) is 5. The third kappa shape index (κ3) is 2.97. The van der Waals surface area contributed by atoms with Gasteiger partial charge in [-0.1, -0.05) is 0 Å². The average Bonchev–Trinajstić information content (AvgIpc) is 2.45. The van der Waals surface area contributed by atoms with E-state index >= 15 is 0 Å². The van der Waals surface area contributed by atoms with Gasteiger partial charge in [-0.2, -0.15) is 0 Å². The third-order valence-corrected chi connectivity index (χ3v) is 3.61. The largest absolute Gasteiger partial charge is 0.496 e. The van der Waals surface area contributed by atoms with Crippen LogP contribution in [0.4, 0.5) is 5.95 Å². The predicted octanol–water partition coefficient (Wildman–Crippen LogP) is 2.16. The van der Waals surface area contributed by atoms with E-state index in [1.165, 1.54) is 0 Å². The van der Waals surface area contributed by atoms with Crippen LogP contribution in [-0.2, 0) is 0 Å². The first-order chi connectivity index (χ1) is 9.97. The minimum Gasteiger partial charge on any atom is -0.496 e. The van der Waals surface area contributed by atoms with Crippen LogP contribution in [0.5, 0.6) is 5.75 Å². The lowest BCUT2D eigenvalue weighted by molar-refractivity contribution is 0.0962. The van der Waals surface area contributed by atoms with Crippen molar-refractivity contribution >= 4 is 27.8 Å². The van der Waals surface area contributed by atoms with Crippen LogP contribution in [0, 0.1) is 6.92 Å². The number of aromatic nitrogens is 2. The summed E-state index contributed by atoms with van der Waals surface area (Å²) in [7, 11) is 3.15. The molecule has 6 nitrogen and oxygen atoms in total. The average molecular weight is 351 g/mol. The fourth-order valence-corrected chi connectivity index (χ4v) is 2.55. The van der Waals surface area contributed by atoms with E-state index in [9.17, 15) is 4.79 Å². The van der Waals surface area contributed by atoms with Crippen molar-refractivity contribution in [2.75, 3.05) is 19.9 Å². The molecule has 0 unspecified atom stereocenters. The fraction of sp³-hybridized carbons (Fsp3) is 0.214. The maximum absolute atomic E-state index is 12.1. The van der Waals surface area contributed by atoms with Crippen LogP contribution in [-0.4, -0.2) is 30.0 Å². The Kier molecular flexibility index (Phi) is 4.42. The van der Waals surface area contributed by atoms with E-state index < -0.39 is 0 Å². The van der Waals surface area contributed by atoms with Crippen molar-refractivity contribution in [3.63, 3.8) is 0 Å². The molecule has 2 rings (SSSR count). The number of aryl methyl sites for hydroxylation is 1. The molecule has 0 aliphatic rings. The molecule has 1 heterocycles. The normalized spacial score (nSPS) is 10.3. The Bertz CT molecular complexity index is 704. The summed E-state index contributed by atoms with van der Waals surface area (Å²) in [4.78, 5) is 20.3. The number of nitrogens with one attached hydrogen (secondary N) is 1. The molecule has 0 aliphatic heterocycles. The van der Waals surface area contributed by atoms with Crippen molar-refractivity contribution in [1.29, 1.82) is 0 Å². The van der Waals surface area contributed by atoms with Gasteiger partial charge in [-0.25, -0.2) is 9.97 Å². The molecule has 0 aliphatic carbocycles. The van der Waals surface area contributed by atoms with Gasteiger partial charge in [0.15, 0.2) is 0 Å². The molecule has 0 fully saturated rings. The summed E-state index contributed by atoms with van der Waals surface area (Å²) in [5, 5.41) is 2.59. The van der Waals surface area contributed by atoms with Crippen LogP contribution in [0.1, 0.15) is 16.1 Å². The fourth-order valence-electron chi connectivity index (χ4n) is 2.01. The molecule has 7 heteroatoms. The lowest BCUT2D eigenvalue weighted by Gasteiger charge is -2.12. The molecule has 0 radical (unpaired) electrons. The van der Waals surface area contributed by atoms with Gasteiger partial charge in [0, 0.05) is 12.6 Å². The van der Waals surface area contributed by atoms with Crippen LogP contribution in [0.3, 0.4) is 0 Å². The maximum Gasteiger partial charge on any atom is 0.255 e. The third-order valence-electron chi connectivity index (χ3n) is 2.99. The van der Waals surface area contributed by atoms with Gasteiger partial charge in [0.1, 0.15) is 5.75 Å². The topological polar surface area (TPSA) is 90.1 Å². The Morgan fingerprint density at radius 3 is 2.67 bits per heavy atom. The lowest BCUT2D eigenvalue weighted by atomic mass is 10.0. The molecule has 0 saturated carbocycles. The number of rotatable bonds is 3. The number of amides is 1. The van der Waals surface area contributed by atoms with E-state index in [1.807, 2.05) is 12.1 Å². The minimum atomic E-state index is -0.255. The summed E-state index contributed by atoms with van der Waals surface area (Å²) in [6, 6.07) is 5.43. The molecule has 0 saturated heterocycles. The summed E-state index contributed by atoms with van der Waals surface area (Å²) in [5.74, 6) is 0.565. The first-order valence-corrected chi connectivity index (χ1v) is 6.97. The summed E-state index contributed by atoms with van der Waals surface area (Å²) >= 11 is 3.42. The molecule has 2 aromatic rings. The molecule has 3 N–H and O–H groups in total. The number of methoxy groups -OCH3 is 1. The van der Waals surface area contributed by atoms with Gasteiger partial charge < -0.3 is 15.8 Å². The summed E-state index contributed by atoms with van der Waals surface area (Å²) in [6.45, 7) is 1.73. The highest BCUT2D eigenvalue weighted by Gasteiger charge is 2.19. The highest BCUT2D eigenvalue weighted by Crippen LogP contribution is 2.32. The molecule has 0 bridgehead atoms. The van der Waals surface area contributed by atoms with E-state index in [1.54, 1.807) is 27.1 Å². The van der Waals surface area contributed by atoms with Crippen molar-refractivity contribution in [3.05, 3.63) is 33.9 Å². The molecule has 0 atom stereocenters. The Hall–Kier alpha value is -2.15. The zero-order valence-electron chi connectivity index (χ0n) is 11.9. The van der Waals surface area contributed by atoms with Gasteiger partial charge >= 0.3 is 0 Å². The number of nitrogen functional groups attached to an aromatic ring is 1. The van der Waals surface area contributed by atoms with E-state index in [-0.39, 0.29) is 11.9 Å². The van der Waals surface area contributed by atoms with Gasteiger partial charge in [0.25, 0.3) is 5.91 Å². The molecule has 21 heavy (non-hydrogen) atoms. The molecule has 1 aromatic carbocycles. The van der Waals surface area contributed by atoms with Crippen molar-refractivity contribution in [3.8, 4) is 17.0 Å². The Balaban J connectivity index is 2.67.